The molecule has 2 rings (SSSR count). The highest BCUT2D eigenvalue weighted by Gasteiger charge is 2.06. The number of aromatic nitrogens is 1. The van der Waals surface area contributed by atoms with Crippen molar-refractivity contribution in [3.63, 3.8) is 0 Å². The van der Waals surface area contributed by atoms with E-state index in [1.807, 2.05) is 37.3 Å². The van der Waals surface area contributed by atoms with E-state index in [9.17, 15) is 0 Å². The highest BCUT2D eigenvalue weighted by atomic mass is 35.5. The number of nitrogens with zero attached hydrogens (tertiary/aromatic N) is 1. The summed E-state index contributed by atoms with van der Waals surface area (Å²) in [5.74, 6) is 1.17. The van der Waals surface area contributed by atoms with Crippen LogP contribution in [0.2, 0.25) is 5.02 Å². The Morgan fingerprint density at radius 2 is 2.00 bits per heavy atom. The number of ether oxygens (including phenoxy) is 1. The maximum absolute atomic E-state index is 6.23. The second-order valence-electron chi connectivity index (χ2n) is 4.90. The maximum Gasteiger partial charge on any atom is 0.138 e. The van der Waals surface area contributed by atoms with Crippen molar-refractivity contribution < 1.29 is 4.74 Å². The van der Waals surface area contributed by atoms with Crippen molar-refractivity contribution in [1.82, 2.24) is 4.98 Å². The number of benzene rings is 1. The first kappa shape index (κ1) is 13.9. The Morgan fingerprint density at radius 3 is 2.63 bits per heavy atom. The summed E-state index contributed by atoms with van der Waals surface area (Å²) in [5, 5.41) is 0.652. The third-order valence-corrected chi connectivity index (χ3v) is 3.24. The minimum Gasteiger partial charge on any atom is -0.486 e. The number of halogens is 1. The van der Waals surface area contributed by atoms with Crippen molar-refractivity contribution in [3.8, 4) is 5.75 Å². The van der Waals surface area contributed by atoms with Crippen LogP contribution in [0, 0.1) is 6.92 Å². The van der Waals surface area contributed by atoms with Gasteiger partial charge in [-0.3, -0.25) is 4.98 Å². The predicted octanol–water partition coefficient (Wildman–Crippen LogP) is 4.75. The minimum absolute atomic E-state index is 0.433. The van der Waals surface area contributed by atoms with Gasteiger partial charge in [0, 0.05) is 5.69 Å². The Hall–Kier alpha value is -1.54. The average molecular weight is 276 g/mol. The second-order valence-corrected chi connectivity index (χ2v) is 5.31. The van der Waals surface area contributed by atoms with Gasteiger partial charge in [0.05, 0.1) is 10.7 Å². The minimum atomic E-state index is 0.433. The summed E-state index contributed by atoms with van der Waals surface area (Å²) < 4.78 is 5.72. The molecule has 0 unspecified atom stereocenters. The number of pyridine rings is 1. The van der Waals surface area contributed by atoms with Crippen LogP contribution in [0.3, 0.4) is 0 Å². The van der Waals surface area contributed by atoms with Gasteiger partial charge in [0.15, 0.2) is 0 Å². The van der Waals surface area contributed by atoms with E-state index in [1.165, 1.54) is 5.56 Å². The highest BCUT2D eigenvalue weighted by molar-refractivity contribution is 6.32. The first-order valence-corrected chi connectivity index (χ1v) is 6.79. The fourth-order valence-electron chi connectivity index (χ4n) is 1.82. The first-order chi connectivity index (χ1) is 9.06. The van der Waals surface area contributed by atoms with E-state index in [2.05, 4.69) is 24.9 Å². The van der Waals surface area contributed by atoms with Gasteiger partial charge in [0.1, 0.15) is 12.4 Å². The van der Waals surface area contributed by atoms with Crippen LogP contribution in [0.1, 0.15) is 36.7 Å². The zero-order valence-electron chi connectivity index (χ0n) is 11.5. The molecule has 2 nitrogen and oxygen atoms in total. The van der Waals surface area contributed by atoms with Crippen molar-refractivity contribution in [2.45, 2.75) is 33.3 Å². The number of rotatable bonds is 4. The van der Waals surface area contributed by atoms with Crippen LogP contribution >= 0.6 is 11.6 Å². The highest BCUT2D eigenvalue weighted by Crippen LogP contribution is 2.28. The molecule has 3 heteroatoms. The van der Waals surface area contributed by atoms with Gasteiger partial charge in [-0.2, -0.15) is 0 Å². The van der Waals surface area contributed by atoms with Crippen LogP contribution in [-0.2, 0) is 6.61 Å². The Kier molecular flexibility index (Phi) is 4.43. The van der Waals surface area contributed by atoms with Crippen molar-refractivity contribution in [2.75, 3.05) is 0 Å². The molecular formula is C16H18ClNO. The van der Waals surface area contributed by atoms with E-state index >= 15 is 0 Å². The van der Waals surface area contributed by atoms with E-state index in [-0.39, 0.29) is 0 Å². The van der Waals surface area contributed by atoms with Crippen molar-refractivity contribution >= 4 is 11.6 Å². The molecule has 1 aromatic heterocycles. The normalized spacial score (nSPS) is 10.8. The van der Waals surface area contributed by atoms with Crippen LogP contribution in [0.4, 0.5) is 0 Å². The molecule has 100 valence electrons. The monoisotopic (exact) mass is 275 g/mol. The summed E-state index contributed by atoms with van der Waals surface area (Å²) in [5.41, 5.74) is 3.11. The Labute approximate surface area is 119 Å². The number of hydrogen-bond donors (Lipinski definition) is 0. The fourth-order valence-corrected chi connectivity index (χ4v) is 2.07. The summed E-state index contributed by atoms with van der Waals surface area (Å²) in [4.78, 5) is 4.40. The van der Waals surface area contributed by atoms with E-state index in [0.29, 0.717) is 23.3 Å². The summed E-state index contributed by atoms with van der Waals surface area (Å²) in [6.07, 6.45) is 0. The summed E-state index contributed by atoms with van der Waals surface area (Å²) in [7, 11) is 0. The molecule has 0 saturated heterocycles. The van der Waals surface area contributed by atoms with E-state index in [1.54, 1.807) is 0 Å². The molecule has 1 aromatic carbocycles. The molecule has 2 aromatic rings. The van der Waals surface area contributed by atoms with Crippen LogP contribution < -0.4 is 4.74 Å². The SMILES string of the molecule is Cc1cccc(COc2ccc(C(C)C)cc2Cl)n1. The largest absolute Gasteiger partial charge is 0.486 e. The molecule has 0 radical (unpaired) electrons. The first-order valence-electron chi connectivity index (χ1n) is 6.41. The lowest BCUT2D eigenvalue weighted by atomic mass is 10.0. The van der Waals surface area contributed by atoms with E-state index in [0.717, 1.165) is 11.4 Å². The van der Waals surface area contributed by atoms with E-state index in [4.69, 9.17) is 16.3 Å². The Bertz CT molecular complexity index is 566. The molecule has 0 saturated carbocycles. The Balaban J connectivity index is 2.07. The molecule has 0 amide bonds. The van der Waals surface area contributed by atoms with Gasteiger partial charge in [-0.15, -0.1) is 0 Å². The molecular weight excluding hydrogens is 258 g/mol. The van der Waals surface area contributed by atoms with Crippen LogP contribution in [0.5, 0.6) is 5.75 Å². The van der Waals surface area contributed by atoms with Crippen LogP contribution in [0.25, 0.3) is 0 Å². The lowest BCUT2D eigenvalue weighted by molar-refractivity contribution is 0.301. The summed E-state index contributed by atoms with van der Waals surface area (Å²) >= 11 is 6.23. The predicted molar refractivity (Wildman–Crippen MR) is 78.8 cm³/mol. The molecule has 0 bridgehead atoms. The molecule has 1 heterocycles. The van der Waals surface area contributed by atoms with Gasteiger partial charge in [0.25, 0.3) is 0 Å². The van der Waals surface area contributed by atoms with Gasteiger partial charge in [-0.1, -0.05) is 37.6 Å². The van der Waals surface area contributed by atoms with Crippen LogP contribution in [-0.4, -0.2) is 4.98 Å². The topological polar surface area (TPSA) is 22.1 Å². The number of hydrogen-bond acceptors (Lipinski definition) is 2. The molecule has 0 fully saturated rings. The maximum atomic E-state index is 6.23. The zero-order valence-corrected chi connectivity index (χ0v) is 12.2. The van der Waals surface area contributed by atoms with Gasteiger partial charge >= 0.3 is 0 Å². The molecule has 0 aliphatic heterocycles. The standard InChI is InChI=1S/C16H18ClNO/c1-11(2)13-7-8-16(15(17)9-13)19-10-14-6-4-5-12(3)18-14/h4-9,11H,10H2,1-3H3. The van der Waals surface area contributed by atoms with Crippen molar-refractivity contribution in [2.24, 2.45) is 0 Å². The zero-order chi connectivity index (χ0) is 13.8. The van der Waals surface area contributed by atoms with Gasteiger partial charge in [-0.25, -0.2) is 0 Å². The van der Waals surface area contributed by atoms with E-state index < -0.39 is 0 Å². The van der Waals surface area contributed by atoms with Crippen molar-refractivity contribution in [1.29, 1.82) is 0 Å². The smallest absolute Gasteiger partial charge is 0.138 e. The third-order valence-electron chi connectivity index (χ3n) is 2.94. The molecule has 0 N–H and O–H groups in total. The van der Waals surface area contributed by atoms with Gasteiger partial charge in [-0.05, 0) is 42.7 Å². The number of aryl methyl sites for hydroxylation is 1. The van der Waals surface area contributed by atoms with Crippen molar-refractivity contribution in [3.05, 3.63) is 58.4 Å². The lowest BCUT2D eigenvalue weighted by Crippen LogP contribution is -2.00. The van der Waals surface area contributed by atoms with Gasteiger partial charge < -0.3 is 4.74 Å². The average Bonchev–Trinajstić information content (AvgIpc) is 2.37. The molecule has 0 atom stereocenters. The summed E-state index contributed by atoms with van der Waals surface area (Å²) in [6, 6.07) is 11.8. The van der Waals surface area contributed by atoms with Gasteiger partial charge in [0.2, 0.25) is 0 Å². The van der Waals surface area contributed by atoms with Crippen LogP contribution in [0.15, 0.2) is 36.4 Å². The summed E-state index contributed by atoms with van der Waals surface area (Å²) in [6.45, 7) is 6.68. The molecule has 0 aliphatic carbocycles. The molecule has 0 spiro atoms. The fraction of sp³-hybridized carbons (Fsp3) is 0.312. The molecule has 0 aliphatic rings. The second kappa shape index (κ2) is 6.07. The third kappa shape index (κ3) is 3.71. The Morgan fingerprint density at radius 1 is 1.21 bits per heavy atom. The quantitative estimate of drug-likeness (QED) is 0.804. The molecule has 19 heavy (non-hydrogen) atoms. The lowest BCUT2D eigenvalue weighted by Gasteiger charge is -2.11.